The van der Waals surface area contributed by atoms with Crippen molar-refractivity contribution in [3.05, 3.63) is 29.3 Å². The van der Waals surface area contributed by atoms with Gasteiger partial charge in [-0.05, 0) is 31.0 Å². The first-order chi connectivity index (χ1) is 10.1. The van der Waals surface area contributed by atoms with E-state index in [0.717, 1.165) is 18.2 Å². The molecule has 0 bridgehead atoms. The molecule has 1 heterocycles. The highest BCUT2D eigenvalue weighted by atomic mass is 19.4. The lowest BCUT2D eigenvalue weighted by Gasteiger charge is -2.42. The molecule has 0 atom stereocenters. The standard InChI is InChI=1S/C15H13F5O2/c16-14(17)5-3-13(4-6-14)8-11(21)10-2-1-9(15(18,19)20)7-12(10)22-13/h1-2,7H,3-6,8H2. The third-order valence-corrected chi connectivity index (χ3v) is 4.31. The number of hydrogen-bond donors (Lipinski definition) is 0. The van der Waals surface area contributed by atoms with Crippen LogP contribution in [0.4, 0.5) is 22.0 Å². The van der Waals surface area contributed by atoms with Gasteiger partial charge in [0.2, 0.25) is 5.92 Å². The van der Waals surface area contributed by atoms with E-state index in [1.807, 2.05) is 0 Å². The van der Waals surface area contributed by atoms with Crippen LogP contribution >= 0.6 is 0 Å². The number of hydrogen-bond acceptors (Lipinski definition) is 2. The molecule has 0 radical (unpaired) electrons. The number of rotatable bonds is 0. The molecule has 0 amide bonds. The van der Waals surface area contributed by atoms with Gasteiger partial charge >= 0.3 is 6.18 Å². The van der Waals surface area contributed by atoms with E-state index in [1.54, 1.807) is 0 Å². The van der Waals surface area contributed by atoms with Crippen molar-refractivity contribution in [3.63, 3.8) is 0 Å². The molecular formula is C15H13F5O2. The zero-order valence-corrected chi connectivity index (χ0v) is 11.5. The van der Waals surface area contributed by atoms with E-state index in [1.165, 1.54) is 0 Å². The van der Waals surface area contributed by atoms with E-state index >= 15 is 0 Å². The Morgan fingerprint density at radius 3 is 2.27 bits per heavy atom. The summed E-state index contributed by atoms with van der Waals surface area (Å²) in [5, 5.41) is 0. The average molecular weight is 320 g/mol. The van der Waals surface area contributed by atoms with Gasteiger partial charge in [-0.1, -0.05) is 0 Å². The summed E-state index contributed by atoms with van der Waals surface area (Å²) in [5.74, 6) is -3.32. The minimum atomic E-state index is -4.55. The summed E-state index contributed by atoms with van der Waals surface area (Å²) in [5.41, 5.74) is -1.94. The number of carbonyl (C=O) groups excluding carboxylic acids is 1. The Labute approximate surface area is 123 Å². The first kappa shape index (κ1) is 15.2. The molecule has 22 heavy (non-hydrogen) atoms. The maximum Gasteiger partial charge on any atom is 0.416 e. The lowest BCUT2D eigenvalue weighted by molar-refractivity contribution is -0.138. The van der Waals surface area contributed by atoms with Crippen LogP contribution in [-0.2, 0) is 6.18 Å². The third kappa shape index (κ3) is 2.68. The molecule has 0 aromatic heterocycles. The van der Waals surface area contributed by atoms with Gasteiger partial charge in [-0.2, -0.15) is 13.2 Å². The molecule has 2 aliphatic rings. The van der Waals surface area contributed by atoms with E-state index in [0.29, 0.717) is 0 Å². The Bertz CT molecular complexity index is 611. The highest BCUT2D eigenvalue weighted by Crippen LogP contribution is 2.47. The molecule has 7 heteroatoms. The summed E-state index contributed by atoms with van der Waals surface area (Å²) in [7, 11) is 0. The Balaban J connectivity index is 1.93. The molecular weight excluding hydrogens is 307 g/mol. The monoisotopic (exact) mass is 320 g/mol. The predicted octanol–water partition coefficient (Wildman–Crippen LogP) is 4.62. The molecule has 3 rings (SSSR count). The summed E-state index contributed by atoms with van der Waals surface area (Å²) < 4.78 is 70.4. The topological polar surface area (TPSA) is 26.3 Å². The number of ketones is 1. The second-order valence-electron chi connectivity index (χ2n) is 5.95. The number of halogens is 5. The van der Waals surface area contributed by atoms with E-state index in [-0.39, 0.29) is 36.4 Å². The van der Waals surface area contributed by atoms with Crippen LogP contribution in [0.5, 0.6) is 5.75 Å². The second kappa shape index (κ2) is 4.67. The molecule has 1 aliphatic heterocycles. The molecule has 1 spiro atoms. The first-order valence-electron chi connectivity index (χ1n) is 6.92. The lowest BCUT2D eigenvalue weighted by atomic mass is 9.77. The Hall–Kier alpha value is -1.66. The smallest absolute Gasteiger partial charge is 0.416 e. The molecule has 120 valence electrons. The zero-order chi connectivity index (χ0) is 16.2. The van der Waals surface area contributed by atoms with Crippen LogP contribution in [0, 0.1) is 0 Å². The molecule has 2 nitrogen and oxygen atoms in total. The van der Waals surface area contributed by atoms with Crippen LogP contribution < -0.4 is 4.74 Å². The van der Waals surface area contributed by atoms with Crippen LogP contribution in [0.15, 0.2) is 18.2 Å². The maximum absolute atomic E-state index is 13.3. The van der Waals surface area contributed by atoms with Gasteiger partial charge in [0.1, 0.15) is 11.4 Å². The van der Waals surface area contributed by atoms with Gasteiger partial charge in [0.25, 0.3) is 0 Å². The van der Waals surface area contributed by atoms with Crippen molar-refractivity contribution in [2.24, 2.45) is 0 Å². The largest absolute Gasteiger partial charge is 0.486 e. The number of alkyl halides is 5. The van der Waals surface area contributed by atoms with Gasteiger partial charge < -0.3 is 4.74 Å². The Kier molecular flexibility index (Phi) is 3.23. The van der Waals surface area contributed by atoms with Crippen molar-refractivity contribution in [3.8, 4) is 5.75 Å². The summed E-state index contributed by atoms with van der Waals surface area (Å²) in [6.07, 6.45) is -5.54. The first-order valence-corrected chi connectivity index (χ1v) is 6.92. The van der Waals surface area contributed by atoms with Crippen LogP contribution in [0.1, 0.15) is 48.0 Å². The van der Waals surface area contributed by atoms with Crippen molar-refractivity contribution in [1.82, 2.24) is 0 Å². The molecule has 0 N–H and O–H groups in total. The number of Topliss-reactive ketones (excluding diaryl/α,β-unsaturated/α-hetero) is 1. The normalized spacial score (nSPS) is 23.0. The number of fused-ring (bicyclic) bond motifs is 1. The van der Waals surface area contributed by atoms with Crippen molar-refractivity contribution in [2.45, 2.75) is 49.8 Å². The molecule has 1 saturated carbocycles. The van der Waals surface area contributed by atoms with E-state index in [2.05, 4.69) is 0 Å². The quantitative estimate of drug-likeness (QED) is 0.652. The molecule has 1 fully saturated rings. The fraction of sp³-hybridized carbons (Fsp3) is 0.533. The fourth-order valence-electron chi connectivity index (χ4n) is 3.02. The number of benzene rings is 1. The Morgan fingerprint density at radius 1 is 1.05 bits per heavy atom. The third-order valence-electron chi connectivity index (χ3n) is 4.31. The Morgan fingerprint density at radius 2 is 1.68 bits per heavy atom. The van der Waals surface area contributed by atoms with Crippen LogP contribution in [-0.4, -0.2) is 17.3 Å². The lowest BCUT2D eigenvalue weighted by Crippen LogP contribution is -2.47. The van der Waals surface area contributed by atoms with Crippen molar-refractivity contribution in [2.75, 3.05) is 0 Å². The van der Waals surface area contributed by atoms with E-state index < -0.39 is 36.1 Å². The molecule has 0 saturated heterocycles. The fourth-order valence-corrected chi connectivity index (χ4v) is 3.02. The molecule has 0 unspecified atom stereocenters. The van der Waals surface area contributed by atoms with Crippen LogP contribution in [0.25, 0.3) is 0 Å². The summed E-state index contributed by atoms with van der Waals surface area (Å²) in [4.78, 5) is 12.1. The summed E-state index contributed by atoms with van der Waals surface area (Å²) >= 11 is 0. The van der Waals surface area contributed by atoms with Gasteiger partial charge in [0, 0.05) is 12.8 Å². The average Bonchev–Trinajstić information content (AvgIpc) is 2.41. The highest BCUT2D eigenvalue weighted by Gasteiger charge is 2.48. The van der Waals surface area contributed by atoms with Gasteiger partial charge in [0.15, 0.2) is 5.78 Å². The summed E-state index contributed by atoms with van der Waals surface area (Å²) in [6, 6.07) is 2.69. The van der Waals surface area contributed by atoms with E-state index in [4.69, 9.17) is 4.74 Å². The van der Waals surface area contributed by atoms with Gasteiger partial charge in [0.05, 0.1) is 17.5 Å². The van der Waals surface area contributed by atoms with Crippen molar-refractivity contribution in [1.29, 1.82) is 0 Å². The van der Waals surface area contributed by atoms with Crippen LogP contribution in [0.2, 0.25) is 0 Å². The van der Waals surface area contributed by atoms with Gasteiger partial charge in [-0.25, -0.2) is 8.78 Å². The summed E-state index contributed by atoms with van der Waals surface area (Å²) in [6.45, 7) is 0. The van der Waals surface area contributed by atoms with Crippen molar-refractivity contribution >= 4 is 5.78 Å². The molecule has 1 aromatic rings. The zero-order valence-electron chi connectivity index (χ0n) is 11.5. The molecule has 1 aliphatic carbocycles. The number of ether oxygens (including phenoxy) is 1. The SMILES string of the molecule is O=C1CC2(CCC(F)(F)CC2)Oc2cc(C(F)(F)F)ccc21. The predicted molar refractivity (Wildman–Crippen MR) is 67.2 cm³/mol. The number of carbonyl (C=O) groups is 1. The second-order valence-corrected chi connectivity index (χ2v) is 5.95. The maximum atomic E-state index is 13.3. The highest BCUT2D eigenvalue weighted by molar-refractivity contribution is 6.00. The molecule has 1 aromatic carbocycles. The minimum absolute atomic E-state index is 0.0403. The van der Waals surface area contributed by atoms with Crippen molar-refractivity contribution < 1.29 is 31.5 Å². The van der Waals surface area contributed by atoms with Crippen LogP contribution in [0.3, 0.4) is 0 Å². The van der Waals surface area contributed by atoms with Gasteiger partial charge in [-0.15, -0.1) is 0 Å². The van der Waals surface area contributed by atoms with Gasteiger partial charge in [-0.3, -0.25) is 4.79 Å². The van der Waals surface area contributed by atoms with E-state index in [9.17, 15) is 26.7 Å². The minimum Gasteiger partial charge on any atom is -0.486 e.